The van der Waals surface area contributed by atoms with Gasteiger partial charge in [-0.25, -0.2) is 0 Å². The number of allylic oxidation sites excluding steroid dienone is 1. The number of hydrogen-bond acceptors (Lipinski definition) is 2. The topological polar surface area (TPSA) is 16.4 Å². The van der Waals surface area contributed by atoms with Gasteiger partial charge in [0.15, 0.2) is 0 Å². The van der Waals surface area contributed by atoms with E-state index in [1.54, 1.807) is 0 Å². The van der Waals surface area contributed by atoms with Gasteiger partial charge in [-0.2, -0.15) is 0 Å². The molecule has 2 aliphatic carbocycles. The molecule has 0 spiro atoms. The van der Waals surface area contributed by atoms with Gasteiger partial charge in [0.05, 0.1) is 0 Å². The Balaban J connectivity index is 1.19. The maximum Gasteiger partial charge on any atom is 0.135 e. The Kier molecular flexibility index (Phi) is 5.77. The van der Waals surface area contributed by atoms with Crippen LogP contribution in [0.2, 0.25) is 5.02 Å². The van der Waals surface area contributed by atoms with Crippen LogP contribution in [-0.4, -0.2) is 0 Å². The number of para-hydroxylation sites is 1. The zero-order chi connectivity index (χ0) is 29.3. The summed E-state index contributed by atoms with van der Waals surface area (Å²) in [6.45, 7) is 6.98. The fourth-order valence-electron chi connectivity index (χ4n) is 7.18. The summed E-state index contributed by atoms with van der Waals surface area (Å²) in [4.78, 5) is 2.33. The minimum atomic E-state index is -0.132. The van der Waals surface area contributed by atoms with Gasteiger partial charge in [0.1, 0.15) is 11.3 Å². The fourth-order valence-corrected chi connectivity index (χ4v) is 7.30. The smallest absolute Gasteiger partial charge is 0.135 e. The third-order valence-corrected chi connectivity index (χ3v) is 9.82. The molecule has 2 nitrogen and oxygen atoms in total. The van der Waals surface area contributed by atoms with Crippen molar-refractivity contribution in [2.45, 2.75) is 38.0 Å². The van der Waals surface area contributed by atoms with Crippen molar-refractivity contribution in [3.8, 4) is 11.1 Å². The molecule has 0 aliphatic heterocycles. The van der Waals surface area contributed by atoms with Gasteiger partial charge in [0.2, 0.25) is 0 Å². The summed E-state index contributed by atoms with van der Waals surface area (Å²) in [7, 11) is 0. The van der Waals surface area contributed by atoms with E-state index in [0.717, 1.165) is 39.8 Å². The van der Waals surface area contributed by atoms with Crippen molar-refractivity contribution in [2.75, 3.05) is 4.90 Å². The Morgan fingerprint density at radius 1 is 0.674 bits per heavy atom. The second kappa shape index (κ2) is 9.49. The number of halogens is 1. The summed E-state index contributed by atoms with van der Waals surface area (Å²) >= 11 is 6.33. The molecule has 1 aromatic heterocycles. The maximum atomic E-state index is 6.33. The second-order valence-electron chi connectivity index (χ2n) is 12.6. The van der Waals surface area contributed by atoms with Crippen LogP contribution in [0, 0.1) is 0 Å². The number of fused-ring (bicyclic) bond motifs is 6. The Bertz CT molecular complexity index is 2050. The fraction of sp³-hybridized carbons (Fsp3) is 0.150. The van der Waals surface area contributed by atoms with Gasteiger partial charge in [-0.3, -0.25) is 0 Å². The SMILES string of the molecule is CC1(c2ccc(N(c3ccc(Cl)cc3)c3ccc4c(c3)C(C)(C)c3ccccc3-4)cc2)C=Cc2oc3ccccc3c2C1. The van der Waals surface area contributed by atoms with Crippen molar-refractivity contribution in [3.05, 3.63) is 154 Å². The number of anilines is 3. The van der Waals surface area contributed by atoms with Crippen LogP contribution < -0.4 is 4.90 Å². The quantitative estimate of drug-likeness (QED) is 0.207. The van der Waals surface area contributed by atoms with E-state index in [0.29, 0.717) is 0 Å². The van der Waals surface area contributed by atoms with Gasteiger partial charge in [-0.1, -0.05) is 99.1 Å². The predicted octanol–water partition coefficient (Wildman–Crippen LogP) is 11.4. The van der Waals surface area contributed by atoms with Crippen LogP contribution >= 0.6 is 11.6 Å². The first kappa shape index (κ1) is 26.1. The largest absolute Gasteiger partial charge is 0.456 e. The first-order valence-corrected chi connectivity index (χ1v) is 15.3. The van der Waals surface area contributed by atoms with Crippen molar-refractivity contribution < 1.29 is 4.42 Å². The van der Waals surface area contributed by atoms with Crippen LogP contribution in [0.5, 0.6) is 0 Å². The van der Waals surface area contributed by atoms with Crippen molar-refractivity contribution in [3.63, 3.8) is 0 Å². The number of hydrogen-bond donors (Lipinski definition) is 0. The van der Waals surface area contributed by atoms with E-state index in [2.05, 4.69) is 135 Å². The highest BCUT2D eigenvalue weighted by Gasteiger charge is 2.36. The number of benzene rings is 5. The van der Waals surface area contributed by atoms with E-state index in [1.165, 1.54) is 38.8 Å². The van der Waals surface area contributed by atoms with E-state index in [4.69, 9.17) is 16.0 Å². The van der Waals surface area contributed by atoms with Gasteiger partial charge >= 0.3 is 0 Å². The van der Waals surface area contributed by atoms with E-state index in [-0.39, 0.29) is 10.8 Å². The molecule has 0 fully saturated rings. The molecule has 0 amide bonds. The molecule has 1 heterocycles. The number of rotatable bonds is 4. The van der Waals surface area contributed by atoms with Crippen molar-refractivity contribution in [2.24, 2.45) is 0 Å². The summed E-state index contributed by atoms with van der Waals surface area (Å²) in [5, 5.41) is 1.94. The maximum absolute atomic E-state index is 6.33. The molecular formula is C40H32ClNO. The molecule has 0 N–H and O–H groups in total. The predicted molar refractivity (Wildman–Crippen MR) is 180 cm³/mol. The molecule has 2 aliphatic rings. The van der Waals surface area contributed by atoms with Crippen LogP contribution in [0.1, 0.15) is 48.8 Å². The minimum Gasteiger partial charge on any atom is -0.456 e. The van der Waals surface area contributed by atoms with Crippen LogP contribution in [-0.2, 0) is 17.3 Å². The number of nitrogens with zero attached hydrogens (tertiary/aromatic N) is 1. The summed E-state index contributed by atoms with van der Waals surface area (Å²) in [5.41, 5.74) is 12.0. The van der Waals surface area contributed by atoms with Gasteiger partial charge < -0.3 is 9.32 Å². The number of furan rings is 1. The lowest BCUT2D eigenvalue weighted by atomic mass is 9.74. The first-order chi connectivity index (χ1) is 20.8. The van der Waals surface area contributed by atoms with E-state index >= 15 is 0 Å². The monoisotopic (exact) mass is 577 g/mol. The molecule has 210 valence electrons. The second-order valence-corrected chi connectivity index (χ2v) is 13.1. The highest BCUT2D eigenvalue weighted by molar-refractivity contribution is 6.30. The van der Waals surface area contributed by atoms with Gasteiger partial charge in [-0.05, 0) is 94.9 Å². The van der Waals surface area contributed by atoms with Gasteiger partial charge in [0.25, 0.3) is 0 Å². The minimum absolute atomic E-state index is 0.0739. The Hall–Kier alpha value is -4.53. The van der Waals surface area contributed by atoms with E-state index in [9.17, 15) is 0 Å². The van der Waals surface area contributed by atoms with Crippen LogP contribution in [0.4, 0.5) is 17.1 Å². The molecule has 1 unspecified atom stereocenters. The molecule has 1 atom stereocenters. The highest BCUT2D eigenvalue weighted by atomic mass is 35.5. The Morgan fingerprint density at radius 3 is 2.12 bits per heavy atom. The standard InChI is InChI=1S/C40H32ClNO/c1-39(2)35-10-6-4-8-31(35)32-21-20-30(24-36(32)39)42(29-18-14-27(41)15-19-29)28-16-12-26(13-17-28)40(3)23-22-38-34(25-40)33-9-5-7-11-37(33)43-38/h4-24H,25H2,1-3H3. The Labute approximate surface area is 257 Å². The lowest BCUT2D eigenvalue weighted by molar-refractivity contribution is 0.550. The molecule has 3 heteroatoms. The lowest BCUT2D eigenvalue weighted by Gasteiger charge is -2.31. The first-order valence-electron chi connectivity index (χ1n) is 14.9. The average molecular weight is 578 g/mol. The molecule has 0 saturated carbocycles. The van der Waals surface area contributed by atoms with Gasteiger partial charge in [-0.15, -0.1) is 0 Å². The summed E-state index contributed by atoms with van der Waals surface area (Å²) in [5.74, 6) is 0.978. The average Bonchev–Trinajstić information content (AvgIpc) is 3.50. The Morgan fingerprint density at radius 2 is 1.33 bits per heavy atom. The van der Waals surface area contributed by atoms with Crippen molar-refractivity contribution >= 4 is 45.7 Å². The molecule has 0 saturated heterocycles. The third kappa shape index (κ3) is 4.08. The van der Waals surface area contributed by atoms with E-state index in [1.807, 2.05) is 18.2 Å². The molecular weight excluding hydrogens is 546 g/mol. The highest BCUT2D eigenvalue weighted by Crippen LogP contribution is 2.50. The zero-order valence-corrected chi connectivity index (χ0v) is 25.3. The van der Waals surface area contributed by atoms with Crippen molar-refractivity contribution in [1.82, 2.24) is 0 Å². The summed E-state index contributed by atoms with van der Waals surface area (Å²) in [6.07, 6.45) is 5.34. The van der Waals surface area contributed by atoms with Crippen LogP contribution in [0.3, 0.4) is 0 Å². The molecule has 6 aromatic rings. The molecule has 5 aromatic carbocycles. The van der Waals surface area contributed by atoms with Crippen LogP contribution in [0.15, 0.2) is 126 Å². The molecule has 0 radical (unpaired) electrons. The molecule has 8 rings (SSSR count). The van der Waals surface area contributed by atoms with Gasteiger partial charge in [0, 0.05) is 43.9 Å². The van der Waals surface area contributed by atoms with Crippen molar-refractivity contribution in [1.29, 1.82) is 0 Å². The third-order valence-electron chi connectivity index (χ3n) is 9.57. The normalized spacial score (nSPS) is 17.9. The molecule has 0 bridgehead atoms. The summed E-state index contributed by atoms with van der Waals surface area (Å²) < 4.78 is 6.14. The lowest BCUT2D eigenvalue weighted by Crippen LogP contribution is -2.24. The van der Waals surface area contributed by atoms with Crippen LogP contribution in [0.25, 0.3) is 28.2 Å². The summed E-state index contributed by atoms with van der Waals surface area (Å²) in [6, 6.07) is 41.2. The van der Waals surface area contributed by atoms with E-state index < -0.39 is 0 Å². The zero-order valence-electron chi connectivity index (χ0n) is 24.6. The molecule has 43 heavy (non-hydrogen) atoms.